The Morgan fingerprint density at radius 3 is 2.25 bits per heavy atom. The molecule has 0 radical (unpaired) electrons. The molecule has 1 aliphatic carbocycles. The van der Waals surface area contributed by atoms with Crippen molar-refractivity contribution in [3.05, 3.63) is 24.3 Å². The number of hydrogen-bond acceptors (Lipinski definition) is 3. The lowest BCUT2D eigenvalue weighted by Gasteiger charge is -2.05. The molecular weight excluding hydrogens is 251 g/mol. The van der Waals surface area contributed by atoms with Crippen LogP contribution in [0.4, 0.5) is 0 Å². The summed E-state index contributed by atoms with van der Waals surface area (Å²) in [6.45, 7) is 0. The molecule has 0 aromatic heterocycles. The molecule has 3 nitrogen and oxygen atoms in total. The van der Waals surface area contributed by atoms with Gasteiger partial charge in [0.1, 0.15) is 15.8 Å². The zero-order valence-electron chi connectivity index (χ0n) is 8.57. The van der Waals surface area contributed by atoms with Crippen molar-refractivity contribution in [2.75, 3.05) is 7.11 Å². The fraction of sp³-hybridized carbons (Fsp3) is 0.364. The maximum Gasteiger partial charge on any atom is 0.317 e. The van der Waals surface area contributed by atoms with Gasteiger partial charge in [-0.2, -0.15) is 0 Å². The van der Waals surface area contributed by atoms with Gasteiger partial charge in [-0.15, -0.1) is 23.2 Å². The largest absolute Gasteiger partial charge is 0.497 e. The summed E-state index contributed by atoms with van der Waals surface area (Å²) < 4.78 is 9.15. The fourth-order valence-corrected chi connectivity index (χ4v) is 1.79. The summed E-state index contributed by atoms with van der Waals surface area (Å²) in [4.78, 5) is 11.5. The van der Waals surface area contributed by atoms with Gasteiger partial charge in [-0.25, -0.2) is 0 Å². The molecule has 5 heteroatoms. The van der Waals surface area contributed by atoms with Crippen LogP contribution in [0.3, 0.4) is 0 Å². The van der Waals surface area contributed by atoms with E-state index in [1.54, 1.807) is 31.4 Å². The third kappa shape index (κ3) is 2.42. The maximum absolute atomic E-state index is 11.5. The van der Waals surface area contributed by atoms with E-state index in [-0.39, 0.29) is 0 Å². The van der Waals surface area contributed by atoms with Crippen molar-refractivity contribution in [3.63, 3.8) is 0 Å². The van der Waals surface area contributed by atoms with E-state index in [4.69, 9.17) is 32.7 Å². The Labute approximate surface area is 103 Å². The van der Waals surface area contributed by atoms with E-state index in [0.717, 1.165) is 0 Å². The predicted octanol–water partition coefficient (Wildman–Crippen LogP) is 2.79. The predicted molar refractivity (Wildman–Crippen MR) is 61.2 cm³/mol. The molecule has 86 valence electrons. The monoisotopic (exact) mass is 260 g/mol. The van der Waals surface area contributed by atoms with Crippen molar-refractivity contribution in [2.45, 2.75) is 10.8 Å². The molecular formula is C11H10Cl2O3. The van der Waals surface area contributed by atoms with Gasteiger partial charge in [0.05, 0.1) is 13.0 Å². The minimum absolute atomic E-state index is 0.393. The van der Waals surface area contributed by atoms with Gasteiger partial charge in [0.15, 0.2) is 0 Å². The lowest BCUT2D eigenvalue weighted by Crippen LogP contribution is -2.13. The number of methoxy groups -OCH3 is 1. The average Bonchev–Trinajstić information content (AvgIpc) is 2.89. The van der Waals surface area contributed by atoms with Gasteiger partial charge in [-0.3, -0.25) is 4.79 Å². The summed E-state index contributed by atoms with van der Waals surface area (Å²) in [5.41, 5.74) is 0. The molecule has 0 heterocycles. The molecule has 1 aliphatic rings. The number of rotatable bonds is 3. The molecule has 1 fully saturated rings. The van der Waals surface area contributed by atoms with E-state index in [2.05, 4.69) is 0 Å². The quantitative estimate of drug-likeness (QED) is 0.476. The van der Waals surface area contributed by atoms with Crippen LogP contribution < -0.4 is 9.47 Å². The Kier molecular flexibility index (Phi) is 3.00. The molecule has 1 saturated carbocycles. The van der Waals surface area contributed by atoms with Crippen LogP contribution in [0.1, 0.15) is 6.42 Å². The second-order valence-electron chi connectivity index (χ2n) is 3.61. The highest BCUT2D eigenvalue weighted by molar-refractivity contribution is 6.52. The number of carbonyl (C=O) groups excluding carboxylic acids is 1. The molecule has 1 aromatic carbocycles. The minimum atomic E-state index is -0.941. The van der Waals surface area contributed by atoms with E-state index in [1.807, 2.05) is 0 Å². The van der Waals surface area contributed by atoms with Crippen LogP contribution in [0, 0.1) is 5.92 Å². The van der Waals surface area contributed by atoms with E-state index in [1.165, 1.54) is 0 Å². The summed E-state index contributed by atoms with van der Waals surface area (Å²) in [5, 5.41) is 0. The van der Waals surface area contributed by atoms with Crippen LogP contribution in [0.2, 0.25) is 0 Å². The third-order valence-corrected chi connectivity index (χ3v) is 3.22. The van der Waals surface area contributed by atoms with Gasteiger partial charge in [-0.1, -0.05) is 0 Å². The molecule has 0 spiro atoms. The smallest absolute Gasteiger partial charge is 0.317 e. The summed E-state index contributed by atoms with van der Waals surface area (Å²) in [7, 11) is 1.57. The van der Waals surface area contributed by atoms with Gasteiger partial charge in [0, 0.05) is 0 Å². The van der Waals surface area contributed by atoms with Crippen molar-refractivity contribution in [1.29, 1.82) is 0 Å². The van der Waals surface area contributed by atoms with Crippen molar-refractivity contribution >= 4 is 29.2 Å². The van der Waals surface area contributed by atoms with Gasteiger partial charge in [0.25, 0.3) is 0 Å². The van der Waals surface area contributed by atoms with E-state index < -0.39 is 16.2 Å². The molecule has 0 N–H and O–H groups in total. The van der Waals surface area contributed by atoms with Gasteiger partial charge in [-0.05, 0) is 30.7 Å². The lowest BCUT2D eigenvalue weighted by molar-refractivity contribution is -0.135. The van der Waals surface area contributed by atoms with Crippen molar-refractivity contribution in [3.8, 4) is 11.5 Å². The van der Waals surface area contributed by atoms with Crippen LogP contribution in [0.5, 0.6) is 11.5 Å². The average molecular weight is 261 g/mol. The number of ether oxygens (including phenoxy) is 2. The second kappa shape index (κ2) is 4.15. The Morgan fingerprint density at radius 1 is 1.31 bits per heavy atom. The highest BCUT2D eigenvalue weighted by atomic mass is 35.5. The van der Waals surface area contributed by atoms with E-state index in [9.17, 15) is 4.79 Å². The number of hydrogen-bond donors (Lipinski definition) is 0. The first-order valence-electron chi connectivity index (χ1n) is 4.76. The Hall–Kier alpha value is -0.930. The molecule has 1 atom stereocenters. The molecule has 0 aliphatic heterocycles. The molecule has 16 heavy (non-hydrogen) atoms. The van der Waals surface area contributed by atoms with E-state index >= 15 is 0 Å². The first-order chi connectivity index (χ1) is 7.53. The maximum atomic E-state index is 11.5. The number of carbonyl (C=O) groups is 1. The third-order valence-electron chi connectivity index (χ3n) is 2.39. The molecule has 0 amide bonds. The highest BCUT2D eigenvalue weighted by Crippen LogP contribution is 2.53. The van der Waals surface area contributed by atoms with Crippen LogP contribution in [0.25, 0.3) is 0 Å². The minimum Gasteiger partial charge on any atom is -0.497 e. The summed E-state index contributed by atoms with van der Waals surface area (Å²) in [5.74, 6) is 0.352. The van der Waals surface area contributed by atoms with Crippen LogP contribution in [-0.2, 0) is 4.79 Å². The number of benzene rings is 1. The Morgan fingerprint density at radius 2 is 1.81 bits per heavy atom. The number of esters is 1. The van der Waals surface area contributed by atoms with E-state index in [0.29, 0.717) is 17.9 Å². The first kappa shape index (κ1) is 11.6. The SMILES string of the molecule is COc1ccc(OC(=O)C2CC2(Cl)Cl)cc1. The normalized spacial score (nSPS) is 21.3. The fourth-order valence-electron chi connectivity index (χ4n) is 1.30. The van der Waals surface area contributed by atoms with Gasteiger partial charge >= 0.3 is 5.97 Å². The number of halogens is 2. The Bertz CT molecular complexity index is 400. The highest BCUT2D eigenvalue weighted by Gasteiger charge is 2.57. The van der Waals surface area contributed by atoms with Crippen LogP contribution in [0.15, 0.2) is 24.3 Å². The summed E-state index contributed by atoms with van der Waals surface area (Å²) in [6, 6.07) is 6.74. The molecule has 0 saturated heterocycles. The molecule has 0 bridgehead atoms. The Balaban J connectivity index is 1.96. The van der Waals surface area contributed by atoms with Crippen molar-refractivity contribution in [1.82, 2.24) is 0 Å². The summed E-state index contributed by atoms with van der Waals surface area (Å²) >= 11 is 11.5. The van der Waals surface area contributed by atoms with Crippen LogP contribution >= 0.6 is 23.2 Å². The second-order valence-corrected chi connectivity index (χ2v) is 5.16. The van der Waals surface area contributed by atoms with Crippen molar-refractivity contribution in [2.24, 2.45) is 5.92 Å². The molecule has 1 aromatic rings. The zero-order valence-corrected chi connectivity index (χ0v) is 10.1. The van der Waals surface area contributed by atoms with Gasteiger partial charge < -0.3 is 9.47 Å². The van der Waals surface area contributed by atoms with Crippen LogP contribution in [-0.4, -0.2) is 17.4 Å². The summed E-state index contributed by atoms with van der Waals surface area (Å²) in [6.07, 6.45) is 0.450. The van der Waals surface area contributed by atoms with Gasteiger partial charge in [0.2, 0.25) is 0 Å². The topological polar surface area (TPSA) is 35.5 Å². The number of alkyl halides is 2. The zero-order chi connectivity index (χ0) is 11.8. The first-order valence-corrected chi connectivity index (χ1v) is 5.52. The van der Waals surface area contributed by atoms with Crippen molar-refractivity contribution < 1.29 is 14.3 Å². The molecule has 1 unspecified atom stereocenters. The standard InChI is InChI=1S/C11H10Cl2O3/c1-15-7-2-4-8(5-3-7)16-10(14)9-6-11(9,12)13/h2-5,9H,6H2,1H3. The lowest BCUT2D eigenvalue weighted by atomic mass is 10.3. The molecule has 2 rings (SSSR count).